The number of aryl methyl sites for hydroxylation is 1. The van der Waals surface area contributed by atoms with Crippen LogP contribution in [0.2, 0.25) is 0 Å². The lowest BCUT2D eigenvalue weighted by Gasteiger charge is -2.30. The van der Waals surface area contributed by atoms with Crippen molar-refractivity contribution in [2.75, 3.05) is 20.0 Å². The number of hydrogen-bond donors (Lipinski definition) is 1. The highest BCUT2D eigenvalue weighted by Gasteiger charge is 2.43. The smallest absolute Gasteiger partial charge is 0.324 e. The summed E-state index contributed by atoms with van der Waals surface area (Å²) in [6, 6.07) is 1.63. The van der Waals surface area contributed by atoms with Crippen LogP contribution < -0.4 is 0 Å². The van der Waals surface area contributed by atoms with Gasteiger partial charge in [0.1, 0.15) is 0 Å². The van der Waals surface area contributed by atoms with Gasteiger partial charge in [-0.15, -0.1) is 0 Å². The summed E-state index contributed by atoms with van der Waals surface area (Å²) in [6.07, 6.45) is 3.04. The molecule has 0 aliphatic heterocycles. The first kappa shape index (κ1) is 19.5. The van der Waals surface area contributed by atoms with Gasteiger partial charge in [0.25, 0.3) is 0 Å². The highest BCUT2D eigenvalue weighted by atomic mass is 32.2. The van der Waals surface area contributed by atoms with E-state index in [2.05, 4.69) is 17.0 Å². The van der Waals surface area contributed by atoms with Crippen LogP contribution in [0.25, 0.3) is 0 Å². The van der Waals surface area contributed by atoms with Crippen LogP contribution in [-0.2, 0) is 25.8 Å². The molecule has 1 fully saturated rings. The maximum Gasteiger partial charge on any atom is 0.324 e. The topological polar surface area (TPSA) is 107 Å². The standard InChI is InChI=1S/C17H23NO6S/c1-17(16(19)20,25(3,21)22)7-6-14-10-15(24-18-14)5-4-12-8-13(9-12)11-23-2/h10,12-13H,6-9,11H2,1-3H3,(H,19,20). The zero-order chi connectivity index (χ0) is 18.7. The Hall–Kier alpha value is -1.85. The molecule has 1 heterocycles. The van der Waals surface area contributed by atoms with E-state index in [-0.39, 0.29) is 12.8 Å². The first-order valence-electron chi connectivity index (χ1n) is 8.05. The normalized spacial score (nSPS) is 22.4. The Kier molecular flexibility index (Phi) is 5.91. The lowest BCUT2D eigenvalue weighted by Crippen LogP contribution is -2.43. The molecule has 25 heavy (non-hydrogen) atoms. The number of aliphatic carboxylic acids is 1. The Bertz CT molecular complexity index is 782. The molecule has 8 heteroatoms. The summed E-state index contributed by atoms with van der Waals surface area (Å²) in [5.41, 5.74) is 0.492. The summed E-state index contributed by atoms with van der Waals surface area (Å²) in [5.74, 6) is 5.98. The van der Waals surface area contributed by atoms with Crippen molar-refractivity contribution in [1.82, 2.24) is 5.16 Å². The van der Waals surface area contributed by atoms with E-state index in [9.17, 15) is 18.3 Å². The Morgan fingerprint density at radius 2 is 2.20 bits per heavy atom. The molecule has 0 spiro atoms. The van der Waals surface area contributed by atoms with Crippen LogP contribution in [-0.4, -0.2) is 49.4 Å². The molecule has 2 rings (SSSR count). The third kappa shape index (κ3) is 4.61. The Balaban J connectivity index is 1.93. The molecule has 0 saturated heterocycles. The van der Waals surface area contributed by atoms with E-state index in [1.54, 1.807) is 13.2 Å². The van der Waals surface area contributed by atoms with E-state index >= 15 is 0 Å². The second kappa shape index (κ2) is 7.58. The summed E-state index contributed by atoms with van der Waals surface area (Å²) in [4.78, 5) is 11.3. The van der Waals surface area contributed by atoms with Gasteiger partial charge >= 0.3 is 5.97 Å². The molecule has 0 bridgehead atoms. The van der Waals surface area contributed by atoms with Crippen LogP contribution in [0.3, 0.4) is 0 Å². The number of hydrogen-bond acceptors (Lipinski definition) is 6. The van der Waals surface area contributed by atoms with Crippen molar-refractivity contribution in [3.8, 4) is 11.8 Å². The van der Waals surface area contributed by atoms with E-state index in [0.29, 0.717) is 23.3 Å². The number of carbonyl (C=O) groups is 1. The van der Waals surface area contributed by atoms with Crippen LogP contribution in [0.5, 0.6) is 0 Å². The predicted octanol–water partition coefficient (Wildman–Crippen LogP) is 1.52. The fourth-order valence-electron chi connectivity index (χ4n) is 2.70. The largest absolute Gasteiger partial charge is 0.480 e. The minimum absolute atomic E-state index is 0.0815. The molecule has 138 valence electrons. The number of carboxylic acids is 1. The number of rotatable bonds is 7. The summed E-state index contributed by atoms with van der Waals surface area (Å²) < 4.78 is 31.9. The van der Waals surface area contributed by atoms with Crippen molar-refractivity contribution < 1.29 is 27.6 Å². The molecule has 1 atom stereocenters. The lowest BCUT2D eigenvalue weighted by atomic mass is 9.76. The monoisotopic (exact) mass is 369 g/mol. The molecule has 1 aromatic heterocycles. The summed E-state index contributed by atoms with van der Waals surface area (Å²) >= 11 is 0. The molecule has 7 nitrogen and oxygen atoms in total. The minimum Gasteiger partial charge on any atom is -0.480 e. The van der Waals surface area contributed by atoms with Gasteiger partial charge in [-0.25, -0.2) is 8.42 Å². The number of sulfone groups is 1. The maximum absolute atomic E-state index is 11.8. The number of methoxy groups -OCH3 is 1. The average molecular weight is 369 g/mol. The quantitative estimate of drug-likeness (QED) is 0.726. The third-order valence-electron chi connectivity index (χ3n) is 4.73. The van der Waals surface area contributed by atoms with Crippen molar-refractivity contribution in [2.24, 2.45) is 11.8 Å². The average Bonchev–Trinajstić information content (AvgIpc) is 2.93. The van der Waals surface area contributed by atoms with Gasteiger partial charge in [-0.05, 0) is 44.4 Å². The van der Waals surface area contributed by atoms with Crippen molar-refractivity contribution >= 4 is 15.8 Å². The van der Waals surface area contributed by atoms with Crippen LogP contribution in [0.15, 0.2) is 10.6 Å². The number of ether oxygens (including phenoxy) is 1. The van der Waals surface area contributed by atoms with E-state index in [0.717, 1.165) is 25.7 Å². The number of aromatic nitrogens is 1. The van der Waals surface area contributed by atoms with Gasteiger partial charge in [-0.1, -0.05) is 11.1 Å². The zero-order valence-electron chi connectivity index (χ0n) is 14.6. The number of carboxylic acid groups (broad SMARTS) is 1. The Morgan fingerprint density at radius 1 is 1.52 bits per heavy atom. The molecule has 1 aliphatic carbocycles. The van der Waals surface area contributed by atoms with E-state index in [1.807, 2.05) is 0 Å². The van der Waals surface area contributed by atoms with Crippen molar-refractivity contribution in [1.29, 1.82) is 0 Å². The first-order chi connectivity index (χ1) is 11.7. The summed E-state index contributed by atoms with van der Waals surface area (Å²) in [6.45, 7) is 1.96. The molecular weight excluding hydrogens is 346 g/mol. The zero-order valence-corrected chi connectivity index (χ0v) is 15.4. The molecule has 1 aromatic rings. The van der Waals surface area contributed by atoms with Gasteiger partial charge in [-0.3, -0.25) is 4.79 Å². The molecule has 0 amide bonds. The van der Waals surface area contributed by atoms with Gasteiger partial charge in [0.15, 0.2) is 14.6 Å². The van der Waals surface area contributed by atoms with Gasteiger partial charge in [-0.2, -0.15) is 0 Å². The number of nitrogens with zero attached hydrogens (tertiary/aromatic N) is 1. The molecule has 1 N–H and O–H groups in total. The summed E-state index contributed by atoms with van der Waals surface area (Å²) in [5, 5.41) is 13.1. The molecule has 1 aliphatic rings. The van der Waals surface area contributed by atoms with E-state index in [1.165, 1.54) is 6.92 Å². The van der Waals surface area contributed by atoms with Crippen LogP contribution in [0.4, 0.5) is 0 Å². The highest BCUT2D eigenvalue weighted by Crippen LogP contribution is 2.33. The van der Waals surface area contributed by atoms with Gasteiger partial charge in [0.05, 0.1) is 5.69 Å². The van der Waals surface area contributed by atoms with E-state index in [4.69, 9.17) is 9.26 Å². The van der Waals surface area contributed by atoms with Crippen LogP contribution >= 0.6 is 0 Å². The van der Waals surface area contributed by atoms with Crippen molar-refractivity contribution in [3.63, 3.8) is 0 Å². The van der Waals surface area contributed by atoms with Crippen LogP contribution in [0, 0.1) is 23.7 Å². The maximum atomic E-state index is 11.8. The Morgan fingerprint density at radius 3 is 2.76 bits per heavy atom. The molecule has 1 unspecified atom stereocenters. The molecule has 1 saturated carbocycles. The Labute approximate surface area is 147 Å². The predicted molar refractivity (Wildman–Crippen MR) is 90.7 cm³/mol. The van der Waals surface area contributed by atoms with Gasteiger partial charge < -0.3 is 14.4 Å². The highest BCUT2D eigenvalue weighted by molar-refractivity contribution is 7.92. The fraction of sp³-hybridized carbons (Fsp3) is 0.647. The SMILES string of the molecule is COCC1CC(C#Cc2cc(CCC(C)(C(=O)O)S(C)(=O)=O)no2)C1. The van der Waals surface area contributed by atoms with Gasteiger partial charge in [0, 0.05) is 32.0 Å². The lowest BCUT2D eigenvalue weighted by molar-refractivity contribution is -0.139. The third-order valence-corrected chi connectivity index (χ3v) is 6.74. The summed E-state index contributed by atoms with van der Waals surface area (Å²) in [7, 11) is -2.06. The molecule has 0 radical (unpaired) electrons. The van der Waals surface area contributed by atoms with Crippen molar-refractivity contribution in [2.45, 2.75) is 37.4 Å². The van der Waals surface area contributed by atoms with Crippen LogP contribution in [0.1, 0.15) is 37.6 Å². The molecule has 0 aromatic carbocycles. The second-order valence-electron chi connectivity index (χ2n) is 6.75. The minimum atomic E-state index is -3.75. The second-order valence-corrected chi connectivity index (χ2v) is 9.20. The first-order valence-corrected chi connectivity index (χ1v) is 9.94. The van der Waals surface area contributed by atoms with E-state index < -0.39 is 20.6 Å². The fourth-order valence-corrected chi connectivity index (χ4v) is 3.49. The van der Waals surface area contributed by atoms with Gasteiger partial charge in [0.2, 0.25) is 5.76 Å². The van der Waals surface area contributed by atoms with Crippen molar-refractivity contribution in [3.05, 3.63) is 17.5 Å². The molecular formula is C17H23NO6S.